The van der Waals surface area contributed by atoms with Gasteiger partial charge in [0, 0.05) is 0 Å². The van der Waals surface area contributed by atoms with Crippen molar-refractivity contribution in [3.8, 4) is 23.0 Å². The number of phenols is 1. The number of para-hydroxylation sites is 5. The van der Waals surface area contributed by atoms with Crippen molar-refractivity contribution in [2.45, 2.75) is 24.1 Å². The number of anilines is 4. The van der Waals surface area contributed by atoms with E-state index in [0.717, 1.165) is 25.0 Å². The molecule has 0 amide bonds. The standard InChI is InChI=1S/C29H24F3N3O4S/c30-29(31,32)39-20-14-16-21(17-15-20)40(37,33-18-19-12-13-19)34-22-6-5-9-25(28(22)36)35-23-7-1-3-10-26(23)38-27-11-4-2-8-24(27)35/h1-11,14-17,19,36H,12-13,18H2,(H,33,34,37). The first-order chi connectivity index (χ1) is 19.2. The average Bonchev–Trinajstić information content (AvgIpc) is 3.76. The van der Waals surface area contributed by atoms with E-state index in [9.17, 15) is 22.5 Å². The highest BCUT2D eigenvalue weighted by Crippen LogP contribution is 2.53. The maximum Gasteiger partial charge on any atom is 0.573 e. The topological polar surface area (TPSA) is 83.4 Å². The molecule has 1 unspecified atom stereocenters. The van der Waals surface area contributed by atoms with Crippen LogP contribution in [0.4, 0.5) is 35.9 Å². The van der Waals surface area contributed by atoms with Gasteiger partial charge in [0.15, 0.2) is 27.2 Å². The van der Waals surface area contributed by atoms with Crippen LogP contribution in [0.15, 0.2) is 100 Å². The van der Waals surface area contributed by atoms with Gasteiger partial charge in [0.2, 0.25) is 0 Å². The predicted molar refractivity (Wildman–Crippen MR) is 146 cm³/mol. The average molecular weight is 568 g/mol. The maximum absolute atomic E-state index is 14.2. The number of phenolic OH excluding ortho intramolecular Hbond substituents is 1. The van der Waals surface area contributed by atoms with E-state index in [1.54, 1.807) is 18.2 Å². The highest BCUT2D eigenvalue weighted by molar-refractivity contribution is 7.95. The molecule has 0 aromatic heterocycles. The van der Waals surface area contributed by atoms with Gasteiger partial charge >= 0.3 is 6.36 Å². The first kappa shape index (κ1) is 25.9. The summed E-state index contributed by atoms with van der Waals surface area (Å²) in [4.78, 5) is 2.01. The lowest BCUT2D eigenvalue weighted by atomic mass is 10.1. The number of fused-ring (bicyclic) bond motifs is 2. The van der Waals surface area contributed by atoms with E-state index >= 15 is 0 Å². The zero-order valence-corrected chi connectivity index (χ0v) is 21.8. The maximum atomic E-state index is 14.2. The summed E-state index contributed by atoms with van der Waals surface area (Å²) in [6.45, 7) is 0.317. The molecular formula is C29H24F3N3O4S. The SMILES string of the molecule is O=S(=NCC1CC1)(Nc1cccc(N2c3ccccc3Oc3ccccc32)c1O)c1ccc(OC(F)(F)F)cc1. The predicted octanol–water partition coefficient (Wildman–Crippen LogP) is 8.13. The number of halogens is 3. The molecule has 206 valence electrons. The van der Waals surface area contributed by atoms with E-state index in [-0.39, 0.29) is 16.3 Å². The van der Waals surface area contributed by atoms with Crippen LogP contribution >= 0.6 is 0 Å². The number of ether oxygens (including phenoxy) is 2. The summed E-state index contributed by atoms with van der Waals surface area (Å²) in [6, 6.07) is 24.6. The van der Waals surface area contributed by atoms with E-state index in [1.165, 1.54) is 12.1 Å². The second-order valence-electron chi connectivity index (χ2n) is 9.45. The molecule has 1 aliphatic carbocycles. The Hall–Kier alpha value is -4.38. The van der Waals surface area contributed by atoms with Crippen LogP contribution in [-0.2, 0) is 9.92 Å². The molecule has 1 heterocycles. The van der Waals surface area contributed by atoms with Crippen molar-refractivity contribution in [3.63, 3.8) is 0 Å². The molecule has 11 heteroatoms. The molecule has 0 radical (unpaired) electrons. The lowest BCUT2D eigenvalue weighted by molar-refractivity contribution is -0.274. The summed E-state index contributed by atoms with van der Waals surface area (Å²) in [5.74, 6) is 0.888. The number of hydrogen-bond donors (Lipinski definition) is 2. The van der Waals surface area contributed by atoms with Gasteiger partial charge in [-0.3, -0.25) is 9.62 Å². The van der Waals surface area contributed by atoms with Crippen LogP contribution in [0.2, 0.25) is 0 Å². The summed E-state index contributed by atoms with van der Waals surface area (Å²) >= 11 is 0. The van der Waals surface area contributed by atoms with Crippen molar-refractivity contribution in [2.24, 2.45) is 10.3 Å². The van der Waals surface area contributed by atoms with Crippen molar-refractivity contribution >= 4 is 32.7 Å². The first-order valence-electron chi connectivity index (χ1n) is 12.5. The number of nitrogens with zero attached hydrogens (tertiary/aromatic N) is 2. The van der Waals surface area contributed by atoms with Crippen molar-refractivity contribution in [2.75, 3.05) is 16.2 Å². The molecule has 1 saturated carbocycles. The van der Waals surface area contributed by atoms with Gasteiger partial charge in [-0.05, 0) is 79.4 Å². The second kappa shape index (κ2) is 9.98. The van der Waals surface area contributed by atoms with Crippen molar-refractivity contribution < 1.29 is 32.0 Å². The Labute approximate surface area is 229 Å². The Balaban J connectivity index is 1.40. The fourth-order valence-electron chi connectivity index (χ4n) is 4.41. The number of benzene rings is 4. The first-order valence-corrected chi connectivity index (χ1v) is 14.1. The third-order valence-electron chi connectivity index (χ3n) is 6.52. The summed E-state index contributed by atoms with van der Waals surface area (Å²) in [5, 5.41) is 11.5. The third-order valence-corrected chi connectivity index (χ3v) is 8.44. The monoisotopic (exact) mass is 567 g/mol. The zero-order chi connectivity index (χ0) is 27.9. The number of nitrogens with one attached hydrogen (secondary N) is 1. The highest BCUT2D eigenvalue weighted by Gasteiger charge is 2.32. The smallest absolute Gasteiger partial charge is 0.504 e. The van der Waals surface area contributed by atoms with Gasteiger partial charge in [0.1, 0.15) is 5.75 Å². The van der Waals surface area contributed by atoms with Crippen molar-refractivity contribution in [1.29, 1.82) is 0 Å². The molecule has 4 aromatic carbocycles. The third kappa shape index (κ3) is 5.24. The Morgan fingerprint density at radius 2 is 1.50 bits per heavy atom. The summed E-state index contributed by atoms with van der Waals surface area (Å²) in [5.41, 5.74) is 1.96. The molecule has 0 spiro atoms. The minimum atomic E-state index is -4.85. The molecule has 2 N–H and O–H groups in total. The fraction of sp³-hybridized carbons (Fsp3) is 0.172. The van der Waals surface area contributed by atoms with Crippen LogP contribution in [0.5, 0.6) is 23.0 Å². The molecule has 6 rings (SSSR count). The molecular weight excluding hydrogens is 543 g/mol. The van der Waals surface area contributed by atoms with Crippen LogP contribution in [-0.4, -0.2) is 22.2 Å². The van der Waals surface area contributed by atoms with E-state index < -0.39 is 22.0 Å². The van der Waals surface area contributed by atoms with Gasteiger partial charge in [-0.15, -0.1) is 13.2 Å². The normalized spacial score (nSPS) is 15.7. The highest BCUT2D eigenvalue weighted by atomic mass is 32.2. The fourth-order valence-corrected chi connectivity index (χ4v) is 6.13. The van der Waals surface area contributed by atoms with E-state index in [2.05, 4.69) is 13.8 Å². The molecule has 7 nitrogen and oxygen atoms in total. The Bertz CT molecular complexity index is 1640. The molecule has 1 fully saturated rings. The van der Waals surface area contributed by atoms with Gasteiger partial charge in [-0.25, -0.2) is 8.57 Å². The number of rotatable bonds is 7. The van der Waals surface area contributed by atoms with E-state index in [1.807, 2.05) is 53.4 Å². The van der Waals surface area contributed by atoms with Gasteiger partial charge in [0.05, 0.1) is 34.2 Å². The zero-order valence-electron chi connectivity index (χ0n) is 21.0. The van der Waals surface area contributed by atoms with Gasteiger partial charge in [0.25, 0.3) is 0 Å². The van der Waals surface area contributed by atoms with Crippen LogP contribution in [0, 0.1) is 5.92 Å². The van der Waals surface area contributed by atoms with Gasteiger partial charge in [-0.1, -0.05) is 30.3 Å². The summed E-state index contributed by atoms with van der Waals surface area (Å²) < 4.78 is 69.6. The summed E-state index contributed by atoms with van der Waals surface area (Å²) in [6.07, 6.45) is -2.91. The van der Waals surface area contributed by atoms with Gasteiger partial charge in [-0.2, -0.15) is 0 Å². The number of aromatic hydroxyl groups is 1. The quantitative estimate of drug-likeness (QED) is 0.194. The van der Waals surface area contributed by atoms with Crippen molar-refractivity contribution in [3.05, 3.63) is 91.0 Å². The molecule has 40 heavy (non-hydrogen) atoms. The lowest BCUT2D eigenvalue weighted by Gasteiger charge is -2.33. The van der Waals surface area contributed by atoms with Crippen LogP contribution in [0.1, 0.15) is 12.8 Å². The largest absolute Gasteiger partial charge is 0.573 e. The molecule has 0 bridgehead atoms. The van der Waals surface area contributed by atoms with Crippen LogP contribution in [0.25, 0.3) is 0 Å². The molecule has 1 aliphatic heterocycles. The Kier molecular flexibility index (Phi) is 6.46. The number of alkyl halides is 3. The van der Waals surface area contributed by atoms with Crippen LogP contribution in [0.3, 0.4) is 0 Å². The molecule has 4 aromatic rings. The van der Waals surface area contributed by atoms with E-state index in [0.29, 0.717) is 41.0 Å². The van der Waals surface area contributed by atoms with Crippen molar-refractivity contribution in [1.82, 2.24) is 0 Å². The molecule has 1 atom stereocenters. The van der Waals surface area contributed by atoms with Gasteiger partial charge < -0.3 is 14.6 Å². The molecule has 2 aliphatic rings. The Morgan fingerprint density at radius 3 is 2.10 bits per heavy atom. The minimum absolute atomic E-state index is 0.152. The Morgan fingerprint density at radius 1 is 0.900 bits per heavy atom. The molecule has 0 saturated heterocycles. The van der Waals surface area contributed by atoms with E-state index in [4.69, 9.17) is 4.74 Å². The summed E-state index contributed by atoms with van der Waals surface area (Å²) in [7, 11) is -3.39. The number of hydrogen-bond acceptors (Lipinski definition) is 6. The minimum Gasteiger partial charge on any atom is -0.504 e. The van der Waals surface area contributed by atoms with Crippen LogP contribution < -0.4 is 19.1 Å². The second-order valence-corrected chi connectivity index (χ2v) is 11.4. The lowest BCUT2D eigenvalue weighted by Crippen LogP contribution is -2.18.